The lowest BCUT2D eigenvalue weighted by molar-refractivity contribution is 0.0782. The van der Waals surface area contributed by atoms with Gasteiger partial charge in [0.15, 0.2) is 0 Å². The molecular weight excluding hydrogens is 234 g/mol. The largest absolute Gasteiger partial charge is 0.465 e. The zero-order chi connectivity index (χ0) is 14.0. The summed E-state index contributed by atoms with van der Waals surface area (Å²) in [6.07, 6.45) is 3.43. The Hall–Kier alpha value is -1.07. The van der Waals surface area contributed by atoms with E-state index in [2.05, 4.69) is 6.58 Å². The Morgan fingerprint density at radius 3 is 2.44 bits per heavy atom. The Morgan fingerprint density at radius 1 is 1.39 bits per heavy atom. The normalized spacial score (nSPS) is 13.9. The maximum absolute atomic E-state index is 11.2. The molecule has 0 bridgehead atoms. The van der Waals surface area contributed by atoms with E-state index in [0.29, 0.717) is 19.4 Å². The number of nitrogens with zero attached hydrogens (tertiary/aromatic N) is 1. The van der Waals surface area contributed by atoms with Gasteiger partial charge < -0.3 is 20.2 Å². The number of allylic oxidation sites excluding steroid dienone is 1. The van der Waals surface area contributed by atoms with Crippen molar-refractivity contribution in [2.45, 2.75) is 38.6 Å². The minimum absolute atomic E-state index is 0.0241. The van der Waals surface area contributed by atoms with Crippen LogP contribution in [0.2, 0.25) is 0 Å². The molecule has 0 aliphatic heterocycles. The van der Waals surface area contributed by atoms with Gasteiger partial charge in [0.25, 0.3) is 0 Å². The quantitative estimate of drug-likeness (QED) is 0.522. The van der Waals surface area contributed by atoms with Crippen LogP contribution in [0.15, 0.2) is 12.7 Å². The van der Waals surface area contributed by atoms with Crippen LogP contribution in [-0.2, 0) is 0 Å². The third kappa shape index (κ3) is 6.02. The average molecular weight is 259 g/mol. The molecule has 0 radical (unpaired) electrons. The topological polar surface area (TPSA) is 81.0 Å². The van der Waals surface area contributed by atoms with Gasteiger partial charge in [0.2, 0.25) is 0 Å². The monoisotopic (exact) mass is 259 g/mol. The molecule has 106 valence electrons. The molecule has 0 aromatic heterocycles. The first kappa shape index (κ1) is 16.9. The Bertz CT molecular complexity index is 245. The number of hydrogen-bond acceptors (Lipinski definition) is 3. The van der Waals surface area contributed by atoms with E-state index in [1.165, 1.54) is 4.90 Å². The predicted molar refractivity (Wildman–Crippen MR) is 70.5 cm³/mol. The summed E-state index contributed by atoms with van der Waals surface area (Å²) >= 11 is 0. The first-order valence-corrected chi connectivity index (χ1v) is 6.42. The summed E-state index contributed by atoms with van der Waals surface area (Å²) in [4.78, 5) is 12.4. The van der Waals surface area contributed by atoms with Crippen molar-refractivity contribution < 1.29 is 20.1 Å². The fourth-order valence-electron chi connectivity index (χ4n) is 1.93. The number of carboxylic acid groups (broad SMARTS) is 1. The standard InChI is InChI=1S/C13H25NO4/c1-3-5-7-14(13(17)18)12(10-16)8-11(9-15)6-4-2/h4,11-12,15-16H,2-3,5-10H2,1H3,(H,17,18)/t11-,12-/m0/s1. The molecule has 5 heteroatoms. The van der Waals surface area contributed by atoms with E-state index < -0.39 is 12.1 Å². The fourth-order valence-corrected chi connectivity index (χ4v) is 1.93. The number of amides is 1. The summed E-state index contributed by atoms with van der Waals surface area (Å²) in [5.41, 5.74) is 0. The molecule has 18 heavy (non-hydrogen) atoms. The van der Waals surface area contributed by atoms with Crippen molar-refractivity contribution in [1.29, 1.82) is 0 Å². The first-order valence-electron chi connectivity index (χ1n) is 6.42. The number of aliphatic hydroxyl groups excluding tert-OH is 2. The number of hydrogen-bond donors (Lipinski definition) is 3. The van der Waals surface area contributed by atoms with Crippen LogP contribution >= 0.6 is 0 Å². The number of rotatable bonds is 10. The lowest BCUT2D eigenvalue weighted by Crippen LogP contribution is -2.43. The van der Waals surface area contributed by atoms with E-state index in [4.69, 9.17) is 5.11 Å². The Morgan fingerprint density at radius 2 is 2.06 bits per heavy atom. The minimum Gasteiger partial charge on any atom is -0.465 e. The highest BCUT2D eigenvalue weighted by Crippen LogP contribution is 2.16. The zero-order valence-corrected chi connectivity index (χ0v) is 11.1. The van der Waals surface area contributed by atoms with Crippen LogP contribution in [0.5, 0.6) is 0 Å². The molecule has 0 aromatic rings. The van der Waals surface area contributed by atoms with Gasteiger partial charge >= 0.3 is 6.09 Å². The van der Waals surface area contributed by atoms with Crippen molar-refractivity contribution in [2.75, 3.05) is 19.8 Å². The number of aliphatic hydroxyl groups is 2. The van der Waals surface area contributed by atoms with Gasteiger partial charge in [0, 0.05) is 13.2 Å². The summed E-state index contributed by atoms with van der Waals surface area (Å²) < 4.78 is 0. The second-order valence-corrected chi connectivity index (χ2v) is 4.47. The molecule has 0 aliphatic rings. The highest BCUT2D eigenvalue weighted by molar-refractivity contribution is 5.65. The number of carbonyl (C=O) groups is 1. The molecule has 0 fully saturated rings. The van der Waals surface area contributed by atoms with Crippen LogP contribution in [-0.4, -0.2) is 52.1 Å². The smallest absolute Gasteiger partial charge is 0.407 e. The van der Waals surface area contributed by atoms with Crippen LogP contribution in [0, 0.1) is 5.92 Å². The van der Waals surface area contributed by atoms with Crippen LogP contribution in [0.1, 0.15) is 32.6 Å². The first-order chi connectivity index (χ1) is 8.60. The van der Waals surface area contributed by atoms with E-state index in [9.17, 15) is 15.0 Å². The highest BCUT2D eigenvalue weighted by Gasteiger charge is 2.24. The molecule has 2 atom stereocenters. The third-order valence-corrected chi connectivity index (χ3v) is 3.01. The molecule has 1 amide bonds. The maximum atomic E-state index is 11.2. The summed E-state index contributed by atoms with van der Waals surface area (Å²) in [6, 6.07) is -0.453. The van der Waals surface area contributed by atoms with Gasteiger partial charge in [-0.15, -0.1) is 6.58 Å². The van der Waals surface area contributed by atoms with Gasteiger partial charge in [-0.25, -0.2) is 4.79 Å². The lowest BCUT2D eigenvalue weighted by Gasteiger charge is -2.30. The van der Waals surface area contributed by atoms with E-state index in [1.807, 2.05) is 6.92 Å². The van der Waals surface area contributed by atoms with Gasteiger partial charge in [-0.2, -0.15) is 0 Å². The van der Waals surface area contributed by atoms with Crippen LogP contribution < -0.4 is 0 Å². The Balaban J connectivity index is 4.56. The van der Waals surface area contributed by atoms with Crippen molar-refractivity contribution in [2.24, 2.45) is 5.92 Å². The SMILES string of the molecule is C=CC[C@H](CO)C[C@@H](CO)N(CCCC)C(=O)O. The van der Waals surface area contributed by atoms with E-state index in [1.54, 1.807) is 6.08 Å². The summed E-state index contributed by atoms with van der Waals surface area (Å²) in [5, 5.41) is 27.7. The van der Waals surface area contributed by atoms with Crippen LogP contribution in [0.3, 0.4) is 0 Å². The minimum atomic E-state index is -1.02. The van der Waals surface area contributed by atoms with Crippen molar-refractivity contribution in [3.05, 3.63) is 12.7 Å². The van der Waals surface area contributed by atoms with E-state index in [0.717, 1.165) is 12.8 Å². The lowest BCUT2D eigenvalue weighted by atomic mass is 9.96. The van der Waals surface area contributed by atoms with Crippen molar-refractivity contribution in [1.82, 2.24) is 4.90 Å². The van der Waals surface area contributed by atoms with E-state index in [-0.39, 0.29) is 19.1 Å². The summed E-state index contributed by atoms with van der Waals surface area (Å²) in [6.45, 7) is 5.77. The third-order valence-electron chi connectivity index (χ3n) is 3.01. The van der Waals surface area contributed by atoms with Gasteiger partial charge in [0.05, 0.1) is 12.6 Å². The molecule has 3 N–H and O–H groups in total. The van der Waals surface area contributed by atoms with Crippen molar-refractivity contribution >= 4 is 6.09 Å². The highest BCUT2D eigenvalue weighted by atomic mass is 16.4. The van der Waals surface area contributed by atoms with Crippen LogP contribution in [0.4, 0.5) is 4.79 Å². The van der Waals surface area contributed by atoms with Crippen LogP contribution in [0.25, 0.3) is 0 Å². The Labute approximate surface area is 109 Å². The summed E-state index contributed by atoms with van der Waals surface area (Å²) in [5.74, 6) is -0.0527. The van der Waals surface area contributed by atoms with Gasteiger partial charge in [-0.05, 0) is 25.2 Å². The van der Waals surface area contributed by atoms with Crippen molar-refractivity contribution in [3.8, 4) is 0 Å². The zero-order valence-electron chi connectivity index (χ0n) is 11.1. The molecule has 0 unspecified atom stereocenters. The molecule has 0 saturated heterocycles. The molecule has 0 heterocycles. The molecule has 0 aliphatic carbocycles. The average Bonchev–Trinajstić information content (AvgIpc) is 2.36. The molecule has 0 spiro atoms. The Kier molecular flexibility index (Phi) is 9.32. The maximum Gasteiger partial charge on any atom is 0.407 e. The second-order valence-electron chi connectivity index (χ2n) is 4.47. The fraction of sp³-hybridized carbons (Fsp3) is 0.769. The molecule has 5 nitrogen and oxygen atoms in total. The van der Waals surface area contributed by atoms with E-state index >= 15 is 0 Å². The van der Waals surface area contributed by atoms with Gasteiger partial charge in [-0.3, -0.25) is 0 Å². The van der Waals surface area contributed by atoms with Gasteiger partial charge in [-0.1, -0.05) is 19.4 Å². The second kappa shape index (κ2) is 9.91. The molecule has 0 rings (SSSR count). The molecular formula is C13H25NO4. The summed E-state index contributed by atoms with van der Waals surface area (Å²) in [7, 11) is 0. The van der Waals surface area contributed by atoms with Gasteiger partial charge in [0.1, 0.15) is 0 Å². The van der Waals surface area contributed by atoms with Crippen molar-refractivity contribution in [3.63, 3.8) is 0 Å². The molecule has 0 aromatic carbocycles. The predicted octanol–water partition coefficient (Wildman–Crippen LogP) is 1.70. The number of unbranched alkanes of at least 4 members (excludes halogenated alkanes) is 1. The molecule has 0 saturated carbocycles.